The Morgan fingerprint density at radius 3 is 1.92 bits per heavy atom. The number of rotatable bonds is 2. The molecule has 8 heteroatoms. The highest BCUT2D eigenvalue weighted by Crippen LogP contribution is 2.52. The number of amides is 4. The van der Waals surface area contributed by atoms with Gasteiger partial charge < -0.3 is 5.73 Å². The minimum Gasteiger partial charge on any atom is -0.383 e. The van der Waals surface area contributed by atoms with Crippen LogP contribution in [-0.2, 0) is 24.7 Å². The lowest BCUT2D eigenvalue weighted by molar-refractivity contribution is -0.139. The van der Waals surface area contributed by atoms with Crippen LogP contribution in [0.2, 0.25) is 0 Å². The van der Waals surface area contributed by atoms with Gasteiger partial charge in [0.25, 0.3) is 0 Å². The number of fused-ring (bicyclic) bond motifs is 1. The molecule has 0 bridgehead atoms. The van der Waals surface area contributed by atoms with Crippen LogP contribution in [0.25, 0.3) is 0 Å². The van der Waals surface area contributed by atoms with Crippen molar-refractivity contribution in [2.24, 2.45) is 22.6 Å². The number of carbonyl (C=O) groups is 4. The molecule has 0 spiro atoms. The number of benzene rings is 1. The van der Waals surface area contributed by atoms with Crippen LogP contribution in [-0.4, -0.2) is 53.4 Å². The Hall–Kier alpha value is -3.03. The van der Waals surface area contributed by atoms with Crippen LogP contribution in [0.3, 0.4) is 0 Å². The molecule has 0 aromatic heterocycles. The van der Waals surface area contributed by atoms with Crippen LogP contribution < -0.4 is 5.73 Å². The van der Waals surface area contributed by atoms with Crippen molar-refractivity contribution in [3.8, 4) is 0 Å². The first-order valence-electron chi connectivity index (χ1n) is 8.35. The van der Waals surface area contributed by atoms with Crippen molar-refractivity contribution in [2.75, 3.05) is 14.1 Å². The van der Waals surface area contributed by atoms with Crippen molar-refractivity contribution >= 4 is 29.5 Å². The van der Waals surface area contributed by atoms with Gasteiger partial charge in [-0.2, -0.15) is 0 Å². The van der Waals surface area contributed by atoms with E-state index < -0.39 is 29.2 Å². The zero-order valence-corrected chi connectivity index (χ0v) is 14.4. The summed E-state index contributed by atoms with van der Waals surface area (Å²) in [6.07, 6.45) is -0.135. The second kappa shape index (κ2) is 5.23. The molecule has 4 rings (SSSR count). The Morgan fingerprint density at radius 1 is 0.962 bits per heavy atom. The smallest absolute Gasteiger partial charge is 0.235 e. The fraction of sp³-hybridized carbons (Fsp3) is 0.389. The highest BCUT2D eigenvalue weighted by Gasteiger charge is 2.62. The van der Waals surface area contributed by atoms with Gasteiger partial charge in [-0.3, -0.25) is 34.0 Å². The standard InChI is InChI=1S/C18H18N4O4/c1-21-13(23)7-11(16(21)25)18(12-8-14(24)22(2)17(12)26)10-6-4-3-5-9(10)15(19)20-18/h3-6,11-12H,7-8H2,1-2H3,(H2,19,20). The maximum atomic E-state index is 12.8. The van der Waals surface area contributed by atoms with Crippen molar-refractivity contribution in [3.05, 3.63) is 35.4 Å². The van der Waals surface area contributed by atoms with Gasteiger partial charge >= 0.3 is 0 Å². The van der Waals surface area contributed by atoms with E-state index in [-0.39, 0.29) is 30.5 Å². The summed E-state index contributed by atoms with van der Waals surface area (Å²) in [7, 11) is 2.83. The van der Waals surface area contributed by atoms with Crippen molar-refractivity contribution in [3.63, 3.8) is 0 Å². The summed E-state index contributed by atoms with van der Waals surface area (Å²) in [6.45, 7) is 0. The number of amidine groups is 1. The van der Waals surface area contributed by atoms with Crippen LogP contribution in [0, 0.1) is 11.8 Å². The van der Waals surface area contributed by atoms with E-state index >= 15 is 0 Å². The molecule has 2 N–H and O–H groups in total. The summed E-state index contributed by atoms with van der Waals surface area (Å²) in [4.78, 5) is 56.7. The number of hydrogen-bond donors (Lipinski definition) is 1. The highest BCUT2D eigenvalue weighted by atomic mass is 16.2. The van der Waals surface area contributed by atoms with Crippen molar-refractivity contribution < 1.29 is 19.2 Å². The summed E-state index contributed by atoms with van der Waals surface area (Å²) < 4.78 is 0. The molecule has 1 aromatic rings. The maximum Gasteiger partial charge on any atom is 0.235 e. The second-order valence-corrected chi connectivity index (χ2v) is 6.96. The zero-order valence-electron chi connectivity index (χ0n) is 14.4. The normalized spacial score (nSPS) is 31.1. The van der Waals surface area contributed by atoms with E-state index in [9.17, 15) is 19.2 Å². The highest BCUT2D eigenvalue weighted by molar-refractivity contribution is 6.10. The molecule has 0 radical (unpaired) electrons. The number of carbonyl (C=O) groups excluding carboxylic acids is 4. The third-order valence-corrected chi connectivity index (χ3v) is 5.77. The first-order chi connectivity index (χ1) is 12.3. The number of aliphatic imine (C=N–C) groups is 1. The van der Waals surface area contributed by atoms with Gasteiger partial charge in [-0.15, -0.1) is 0 Å². The third kappa shape index (κ3) is 1.86. The Morgan fingerprint density at radius 2 is 1.46 bits per heavy atom. The fourth-order valence-corrected chi connectivity index (χ4v) is 4.35. The molecule has 2 saturated heterocycles. The van der Waals surface area contributed by atoms with Crippen LogP contribution in [0.1, 0.15) is 24.0 Å². The molecular weight excluding hydrogens is 336 g/mol. The van der Waals surface area contributed by atoms with E-state index in [4.69, 9.17) is 5.73 Å². The number of nitrogens with zero attached hydrogens (tertiary/aromatic N) is 3. The molecule has 1 aromatic carbocycles. The average molecular weight is 354 g/mol. The predicted molar refractivity (Wildman–Crippen MR) is 90.6 cm³/mol. The Kier molecular flexibility index (Phi) is 3.31. The van der Waals surface area contributed by atoms with E-state index in [1.54, 1.807) is 24.3 Å². The lowest BCUT2D eigenvalue weighted by Crippen LogP contribution is -2.46. The van der Waals surface area contributed by atoms with Gasteiger partial charge in [-0.05, 0) is 5.56 Å². The minimum atomic E-state index is -1.34. The Balaban J connectivity index is 1.96. The molecule has 3 heterocycles. The summed E-state index contributed by atoms with van der Waals surface area (Å²) in [5.41, 5.74) is 6.04. The van der Waals surface area contributed by atoms with Crippen LogP contribution in [0.15, 0.2) is 29.3 Å². The van der Waals surface area contributed by atoms with Gasteiger partial charge in [-0.1, -0.05) is 24.3 Å². The molecule has 2 fully saturated rings. The number of imide groups is 2. The number of hydrogen-bond acceptors (Lipinski definition) is 6. The van der Waals surface area contributed by atoms with Gasteiger partial charge in [-0.25, -0.2) is 0 Å². The molecule has 3 aliphatic heterocycles. The van der Waals surface area contributed by atoms with Crippen LogP contribution >= 0.6 is 0 Å². The summed E-state index contributed by atoms with van der Waals surface area (Å²) in [5, 5.41) is 0. The van der Waals surface area contributed by atoms with E-state index in [0.717, 1.165) is 9.80 Å². The largest absolute Gasteiger partial charge is 0.383 e. The van der Waals surface area contributed by atoms with Crippen molar-refractivity contribution in [2.45, 2.75) is 18.4 Å². The first-order valence-corrected chi connectivity index (χ1v) is 8.35. The lowest BCUT2D eigenvalue weighted by Gasteiger charge is -2.36. The van der Waals surface area contributed by atoms with E-state index in [2.05, 4.69) is 4.99 Å². The van der Waals surface area contributed by atoms with Crippen LogP contribution in [0.5, 0.6) is 0 Å². The molecule has 2 atom stereocenters. The maximum absolute atomic E-state index is 12.8. The summed E-state index contributed by atoms with van der Waals surface area (Å²) in [5.74, 6) is -2.99. The topological polar surface area (TPSA) is 113 Å². The quantitative estimate of drug-likeness (QED) is 0.727. The van der Waals surface area contributed by atoms with Gasteiger partial charge in [0.2, 0.25) is 23.6 Å². The van der Waals surface area contributed by atoms with Gasteiger partial charge in [0.15, 0.2) is 0 Å². The molecule has 0 aliphatic carbocycles. The zero-order chi connectivity index (χ0) is 18.8. The fourth-order valence-electron chi connectivity index (χ4n) is 4.35. The minimum absolute atomic E-state index is 0.0673. The average Bonchev–Trinajstić information content (AvgIpc) is 3.17. The van der Waals surface area contributed by atoms with Gasteiger partial charge in [0.1, 0.15) is 11.4 Å². The lowest BCUT2D eigenvalue weighted by atomic mass is 9.68. The Labute approximate surface area is 149 Å². The SMILES string of the molecule is CN1C(=O)CC(C2(C3CC(=O)N(C)C3=O)N=C(N)c3ccccc32)C1=O. The second-order valence-electron chi connectivity index (χ2n) is 6.96. The first kappa shape index (κ1) is 16.4. The van der Waals surface area contributed by atoms with E-state index in [1.165, 1.54) is 14.1 Å². The monoisotopic (exact) mass is 354 g/mol. The molecule has 8 nitrogen and oxygen atoms in total. The van der Waals surface area contributed by atoms with E-state index in [1.807, 2.05) is 0 Å². The predicted octanol–water partition coefficient (Wildman–Crippen LogP) is -0.389. The van der Waals surface area contributed by atoms with E-state index in [0.29, 0.717) is 11.1 Å². The molecule has 0 saturated carbocycles. The van der Waals surface area contributed by atoms with Crippen LogP contribution in [0.4, 0.5) is 0 Å². The summed E-state index contributed by atoms with van der Waals surface area (Å²) >= 11 is 0. The number of likely N-dealkylation sites (tertiary alicyclic amines) is 2. The van der Waals surface area contributed by atoms with Gasteiger partial charge in [0, 0.05) is 32.5 Å². The summed E-state index contributed by atoms with van der Waals surface area (Å²) in [6, 6.07) is 7.10. The molecule has 2 unspecified atom stereocenters. The molecular formula is C18H18N4O4. The van der Waals surface area contributed by atoms with Crippen molar-refractivity contribution in [1.29, 1.82) is 0 Å². The molecule has 4 amide bonds. The Bertz CT molecular complexity index is 866. The van der Waals surface area contributed by atoms with Crippen molar-refractivity contribution in [1.82, 2.24) is 9.80 Å². The molecule has 134 valence electrons. The third-order valence-electron chi connectivity index (χ3n) is 5.77. The van der Waals surface area contributed by atoms with Gasteiger partial charge in [0.05, 0.1) is 11.8 Å². The number of nitrogens with two attached hydrogens (primary N) is 1. The molecule has 3 aliphatic rings. The molecule has 26 heavy (non-hydrogen) atoms.